The minimum atomic E-state index is -0.469. The number of nitrogen functional groups attached to an aromatic ring is 1. The number of ether oxygens (including phenoxy) is 1. The predicted octanol–water partition coefficient (Wildman–Crippen LogP) is 1.86. The highest BCUT2D eigenvalue weighted by Gasteiger charge is 2.20. The monoisotopic (exact) mass is 245 g/mol. The number of anilines is 1. The van der Waals surface area contributed by atoms with Crippen LogP contribution in [-0.2, 0) is 4.74 Å². The largest absolute Gasteiger partial charge is 0.465 e. The number of aryl methyl sites for hydroxylation is 2. The Morgan fingerprint density at radius 2 is 1.89 bits per heavy atom. The molecule has 1 aromatic carbocycles. The van der Waals surface area contributed by atoms with E-state index in [1.54, 1.807) is 11.6 Å². The van der Waals surface area contributed by atoms with E-state index in [-0.39, 0.29) is 0 Å². The lowest BCUT2D eigenvalue weighted by atomic mass is 10.2. The lowest BCUT2D eigenvalue weighted by Crippen LogP contribution is -2.07. The van der Waals surface area contributed by atoms with Crippen molar-refractivity contribution in [3.05, 3.63) is 41.1 Å². The molecule has 5 nitrogen and oxygen atoms in total. The van der Waals surface area contributed by atoms with Gasteiger partial charge < -0.3 is 10.5 Å². The van der Waals surface area contributed by atoms with Gasteiger partial charge in [-0.05, 0) is 26.0 Å². The zero-order valence-electron chi connectivity index (χ0n) is 10.6. The van der Waals surface area contributed by atoms with Gasteiger partial charge in [-0.25, -0.2) is 9.48 Å². The Morgan fingerprint density at radius 1 is 1.28 bits per heavy atom. The first kappa shape index (κ1) is 12.2. The molecule has 18 heavy (non-hydrogen) atoms. The third kappa shape index (κ3) is 1.95. The number of benzene rings is 1. The molecule has 0 unspecified atom stereocenters. The Morgan fingerprint density at radius 3 is 2.44 bits per heavy atom. The number of methoxy groups -OCH3 is 1. The summed E-state index contributed by atoms with van der Waals surface area (Å²) in [6.07, 6.45) is 0. The molecule has 1 aromatic heterocycles. The summed E-state index contributed by atoms with van der Waals surface area (Å²) < 4.78 is 6.24. The number of nitrogens with two attached hydrogens (primary N) is 1. The van der Waals surface area contributed by atoms with Crippen LogP contribution in [0, 0.1) is 13.8 Å². The molecule has 2 N–H and O–H groups in total. The molecule has 0 aliphatic carbocycles. The van der Waals surface area contributed by atoms with Crippen LogP contribution in [0.25, 0.3) is 5.69 Å². The molecule has 0 amide bonds. The topological polar surface area (TPSA) is 70.1 Å². The van der Waals surface area contributed by atoms with Crippen LogP contribution in [0.4, 0.5) is 5.82 Å². The molecule has 0 saturated carbocycles. The van der Waals surface area contributed by atoms with Crippen molar-refractivity contribution < 1.29 is 9.53 Å². The van der Waals surface area contributed by atoms with Crippen molar-refractivity contribution in [2.45, 2.75) is 13.8 Å². The zero-order valence-corrected chi connectivity index (χ0v) is 10.6. The van der Waals surface area contributed by atoms with Gasteiger partial charge in [0, 0.05) is 0 Å². The number of esters is 1. The van der Waals surface area contributed by atoms with E-state index in [1.807, 2.05) is 31.2 Å². The average molecular weight is 245 g/mol. The standard InChI is InChI=1S/C13H15N3O2/c1-8-4-6-10(7-5-8)16-12(14)11(9(2)15-16)13(17)18-3/h4-7H,14H2,1-3H3. The highest BCUT2D eigenvalue weighted by atomic mass is 16.5. The summed E-state index contributed by atoms with van der Waals surface area (Å²) in [5.41, 5.74) is 8.79. The highest BCUT2D eigenvalue weighted by Crippen LogP contribution is 2.21. The number of hydrogen-bond donors (Lipinski definition) is 1. The molecule has 0 aliphatic rings. The third-order valence-corrected chi connectivity index (χ3v) is 2.76. The summed E-state index contributed by atoms with van der Waals surface area (Å²) in [6.45, 7) is 3.73. The predicted molar refractivity (Wildman–Crippen MR) is 68.8 cm³/mol. The molecular weight excluding hydrogens is 230 g/mol. The number of carbonyl (C=O) groups is 1. The fourth-order valence-electron chi connectivity index (χ4n) is 1.78. The Bertz CT molecular complexity index is 585. The minimum absolute atomic E-state index is 0.295. The maximum atomic E-state index is 11.6. The van der Waals surface area contributed by atoms with Crippen LogP contribution in [0.1, 0.15) is 21.6 Å². The normalized spacial score (nSPS) is 10.4. The molecule has 0 radical (unpaired) electrons. The van der Waals surface area contributed by atoms with Crippen molar-refractivity contribution in [3.8, 4) is 5.69 Å². The molecule has 0 aliphatic heterocycles. The summed E-state index contributed by atoms with van der Waals surface area (Å²) in [6, 6.07) is 7.73. The van der Waals surface area contributed by atoms with E-state index >= 15 is 0 Å². The van der Waals surface area contributed by atoms with Gasteiger partial charge in [0.15, 0.2) is 0 Å². The Kier molecular flexibility index (Phi) is 3.06. The van der Waals surface area contributed by atoms with E-state index in [0.29, 0.717) is 17.1 Å². The van der Waals surface area contributed by atoms with Crippen molar-refractivity contribution in [1.29, 1.82) is 0 Å². The number of nitrogens with zero attached hydrogens (tertiary/aromatic N) is 2. The van der Waals surface area contributed by atoms with Gasteiger partial charge in [0.2, 0.25) is 0 Å². The Hall–Kier alpha value is -2.30. The van der Waals surface area contributed by atoms with Crippen molar-refractivity contribution in [1.82, 2.24) is 9.78 Å². The second kappa shape index (κ2) is 4.52. The van der Waals surface area contributed by atoms with Gasteiger partial charge in [-0.2, -0.15) is 5.10 Å². The van der Waals surface area contributed by atoms with Crippen LogP contribution in [0.5, 0.6) is 0 Å². The van der Waals surface area contributed by atoms with Gasteiger partial charge in [-0.15, -0.1) is 0 Å². The summed E-state index contributed by atoms with van der Waals surface area (Å²) in [5, 5.41) is 4.27. The first-order valence-electron chi connectivity index (χ1n) is 5.55. The summed E-state index contributed by atoms with van der Waals surface area (Å²) in [7, 11) is 1.32. The molecule has 5 heteroatoms. The van der Waals surface area contributed by atoms with E-state index in [1.165, 1.54) is 7.11 Å². The first-order chi connectivity index (χ1) is 8.54. The Labute approximate surface area is 105 Å². The van der Waals surface area contributed by atoms with Gasteiger partial charge in [-0.3, -0.25) is 0 Å². The average Bonchev–Trinajstić information content (AvgIpc) is 2.65. The van der Waals surface area contributed by atoms with E-state index in [9.17, 15) is 4.79 Å². The first-order valence-corrected chi connectivity index (χ1v) is 5.55. The van der Waals surface area contributed by atoms with E-state index in [0.717, 1.165) is 11.3 Å². The number of carbonyl (C=O) groups excluding carboxylic acids is 1. The van der Waals surface area contributed by atoms with Crippen molar-refractivity contribution in [2.24, 2.45) is 0 Å². The number of hydrogen-bond acceptors (Lipinski definition) is 4. The third-order valence-electron chi connectivity index (χ3n) is 2.76. The fourth-order valence-corrected chi connectivity index (χ4v) is 1.78. The number of aromatic nitrogens is 2. The molecule has 0 spiro atoms. The molecule has 1 heterocycles. The maximum Gasteiger partial charge on any atom is 0.343 e. The van der Waals surface area contributed by atoms with Crippen LogP contribution in [-0.4, -0.2) is 22.9 Å². The summed E-state index contributed by atoms with van der Waals surface area (Å²) in [4.78, 5) is 11.6. The maximum absolute atomic E-state index is 11.6. The molecule has 94 valence electrons. The summed E-state index contributed by atoms with van der Waals surface area (Å²) in [5.74, 6) is -0.174. The van der Waals surface area contributed by atoms with Gasteiger partial charge in [-0.1, -0.05) is 17.7 Å². The van der Waals surface area contributed by atoms with Crippen LogP contribution in [0.15, 0.2) is 24.3 Å². The van der Waals surface area contributed by atoms with Crippen molar-refractivity contribution in [2.75, 3.05) is 12.8 Å². The van der Waals surface area contributed by atoms with Crippen LogP contribution in [0.3, 0.4) is 0 Å². The fraction of sp³-hybridized carbons (Fsp3) is 0.231. The van der Waals surface area contributed by atoms with Crippen LogP contribution >= 0.6 is 0 Å². The number of rotatable bonds is 2. The van der Waals surface area contributed by atoms with Gasteiger partial charge in [0.05, 0.1) is 18.5 Å². The van der Waals surface area contributed by atoms with Gasteiger partial charge >= 0.3 is 5.97 Å². The van der Waals surface area contributed by atoms with Crippen LogP contribution < -0.4 is 5.73 Å². The zero-order chi connectivity index (χ0) is 13.3. The minimum Gasteiger partial charge on any atom is -0.465 e. The lowest BCUT2D eigenvalue weighted by molar-refractivity contribution is 0.0601. The molecule has 2 rings (SSSR count). The van der Waals surface area contributed by atoms with E-state index in [4.69, 9.17) is 10.5 Å². The highest BCUT2D eigenvalue weighted by molar-refractivity contribution is 5.95. The van der Waals surface area contributed by atoms with Crippen molar-refractivity contribution >= 4 is 11.8 Å². The Balaban J connectivity index is 2.53. The van der Waals surface area contributed by atoms with Gasteiger partial charge in [0.1, 0.15) is 11.4 Å². The molecule has 0 atom stereocenters. The van der Waals surface area contributed by atoms with Gasteiger partial charge in [0.25, 0.3) is 0 Å². The van der Waals surface area contributed by atoms with Crippen LogP contribution in [0.2, 0.25) is 0 Å². The molecule has 2 aromatic rings. The molecule has 0 saturated heterocycles. The van der Waals surface area contributed by atoms with Crippen molar-refractivity contribution in [3.63, 3.8) is 0 Å². The smallest absolute Gasteiger partial charge is 0.343 e. The SMILES string of the molecule is COC(=O)c1c(C)nn(-c2ccc(C)cc2)c1N. The van der Waals surface area contributed by atoms with E-state index in [2.05, 4.69) is 5.10 Å². The summed E-state index contributed by atoms with van der Waals surface area (Å²) >= 11 is 0. The lowest BCUT2D eigenvalue weighted by Gasteiger charge is -2.04. The second-order valence-electron chi connectivity index (χ2n) is 4.08. The second-order valence-corrected chi connectivity index (χ2v) is 4.08. The molecule has 0 fully saturated rings. The van der Waals surface area contributed by atoms with E-state index < -0.39 is 5.97 Å². The quantitative estimate of drug-likeness (QED) is 0.820. The molecule has 0 bridgehead atoms. The molecular formula is C13H15N3O2.